The fourth-order valence-corrected chi connectivity index (χ4v) is 6.25. The third kappa shape index (κ3) is 5.07. The highest BCUT2D eigenvalue weighted by atomic mass is 16.5. The number of imidazole rings is 1. The van der Waals surface area contributed by atoms with E-state index in [0.29, 0.717) is 35.0 Å². The van der Waals surface area contributed by atoms with Gasteiger partial charge in [-0.3, -0.25) is 9.20 Å². The van der Waals surface area contributed by atoms with E-state index in [0.717, 1.165) is 74.7 Å². The summed E-state index contributed by atoms with van der Waals surface area (Å²) in [6.07, 6.45) is 11.3. The molecule has 5 heterocycles. The van der Waals surface area contributed by atoms with Crippen LogP contribution in [0.2, 0.25) is 0 Å². The fraction of sp³-hybridized carbons (Fsp3) is 0.419. The summed E-state index contributed by atoms with van der Waals surface area (Å²) in [5, 5.41) is 2.94. The number of aromatic nitrogens is 4. The minimum Gasteiger partial charge on any atom is -0.382 e. The summed E-state index contributed by atoms with van der Waals surface area (Å²) in [6, 6.07) is 11.6. The molecule has 4 aromatic rings. The second kappa shape index (κ2) is 10.6. The summed E-state index contributed by atoms with van der Waals surface area (Å²) in [4.78, 5) is 29.4. The van der Waals surface area contributed by atoms with Gasteiger partial charge in [-0.2, -0.15) is 0 Å². The highest BCUT2D eigenvalue weighted by molar-refractivity contribution is 6.04. The smallest absolute Gasteiger partial charge is 0.256 e. The second-order valence-corrected chi connectivity index (χ2v) is 11.5. The van der Waals surface area contributed by atoms with Crippen molar-refractivity contribution >= 4 is 23.1 Å². The number of rotatable bonds is 7. The van der Waals surface area contributed by atoms with Crippen LogP contribution in [-0.4, -0.2) is 63.0 Å². The average Bonchev–Trinajstić information content (AvgIpc) is 3.57. The summed E-state index contributed by atoms with van der Waals surface area (Å²) in [5.41, 5.74) is 10.7. The first-order chi connectivity index (χ1) is 19.6. The van der Waals surface area contributed by atoms with Crippen molar-refractivity contribution in [2.75, 3.05) is 43.9 Å². The number of nitrogens with one attached hydrogen (secondary N) is 1. The maximum atomic E-state index is 13.0. The van der Waals surface area contributed by atoms with Gasteiger partial charge < -0.3 is 20.7 Å². The zero-order chi connectivity index (χ0) is 27.1. The summed E-state index contributed by atoms with van der Waals surface area (Å²) >= 11 is 0. The first kappa shape index (κ1) is 25.2. The molecule has 7 rings (SSSR count). The SMILES string of the molecule is Nc1nccn2c(C3CCCN(CC4CCOC4)C3)nc(-c3ccc(C(=O)Nc4cc(C5CC5)ccn4)cc3)c12. The summed E-state index contributed by atoms with van der Waals surface area (Å²) < 4.78 is 7.72. The lowest BCUT2D eigenvalue weighted by molar-refractivity contribution is 0.102. The summed E-state index contributed by atoms with van der Waals surface area (Å²) in [6.45, 7) is 4.94. The largest absolute Gasteiger partial charge is 0.382 e. The summed E-state index contributed by atoms with van der Waals surface area (Å²) in [5.74, 6) is 3.42. The number of anilines is 2. The molecule has 1 amide bonds. The van der Waals surface area contributed by atoms with Crippen molar-refractivity contribution in [2.45, 2.75) is 43.9 Å². The number of nitrogen functional groups attached to an aromatic ring is 1. The van der Waals surface area contributed by atoms with Crippen LogP contribution in [0, 0.1) is 5.92 Å². The lowest BCUT2D eigenvalue weighted by Gasteiger charge is -2.33. The Balaban J connectivity index is 1.13. The molecule has 1 aliphatic carbocycles. The number of amides is 1. The Morgan fingerprint density at radius 3 is 2.73 bits per heavy atom. The van der Waals surface area contributed by atoms with Crippen LogP contribution in [0.25, 0.3) is 16.8 Å². The number of nitrogens with two attached hydrogens (primary N) is 1. The number of pyridine rings is 1. The molecule has 0 spiro atoms. The molecule has 206 valence electrons. The van der Waals surface area contributed by atoms with Crippen LogP contribution in [0.15, 0.2) is 55.0 Å². The number of ether oxygens (including phenoxy) is 1. The van der Waals surface area contributed by atoms with Gasteiger partial charge in [0.05, 0.1) is 6.61 Å². The lowest BCUT2D eigenvalue weighted by atomic mass is 9.96. The van der Waals surface area contributed by atoms with Gasteiger partial charge in [0.1, 0.15) is 28.7 Å². The van der Waals surface area contributed by atoms with E-state index in [1.54, 1.807) is 12.4 Å². The average molecular weight is 538 g/mol. The van der Waals surface area contributed by atoms with Crippen LogP contribution >= 0.6 is 0 Å². The van der Waals surface area contributed by atoms with Gasteiger partial charge in [-0.1, -0.05) is 12.1 Å². The van der Waals surface area contributed by atoms with Gasteiger partial charge in [0, 0.05) is 55.3 Å². The number of fused-ring (bicyclic) bond motifs is 1. The van der Waals surface area contributed by atoms with Crippen molar-refractivity contribution in [3.63, 3.8) is 0 Å². The van der Waals surface area contributed by atoms with Gasteiger partial charge in [0.2, 0.25) is 0 Å². The van der Waals surface area contributed by atoms with Crippen LogP contribution < -0.4 is 11.1 Å². The van der Waals surface area contributed by atoms with Crippen molar-refractivity contribution < 1.29 is 9.53 Å². The normalized spacial score (nSPS) is 21.6. The molecule has 1 aromatic carbocycles. The number of piperidine rings is 1. The molecule has 0 radical (unpaired) electrons. The topological polar surface area (TPSA) is 111 Å². The van der Waals surface area contributed by atoms with Crippen LogP contribution in [0.1, 0.15) is 65.7 Å². The Hall–Kier alpha value is -3.82. The van der Waals surface area contributed by atoms with E-state index < -0.39 is 0 Å². The number of likely N-dealkylation sites (tertiary alicyclic amines) is 1. The molecule has 9 nitrogen and oxygen atoms in total. The quantitative estimate of drug-likeness (QED) is 0.351. The number of hydrogen-bond acceptors (Lipinski definition) is 7. The van der Waals surface area contributed by atoms with Gasteiger partial charge >= 0.3 is 0 Å². The number of hydrogen-bond donors (Lipinski definition) is 2. The monoisotopic (exact) mass is 537 g/mol. The van der Waals surface area contributed by atoms with E-state index in [1.165, 1.54) is 18.4 Å². The molecule has 0 bridgehead atoms. The standard InChI is InChI=1S/C31H35N7O2/c32-29-28-27(22-5-7-23(8-6-22)31(39)35-26-16-24(9-11-33-26)21-3-4-21)36-30(38(28)14-12-34-29)25-2-1-13-37(18-25)17-20-10-15-40-19-20/h5-9,11-12,14,16,20-21,25H,1-4,10,13,15,17-19H2,(H2,32,34)(H,33,35,39). The van der Waals surface area contributed by atoms with Gasteiger partial charge in [-0.15, -0.1) is 0 Å². The van der Waals surface area contributed by atoms with E-state index in [9.17, 15) is 4.79 Å². The maximum Gasteiger partial charge on any atom is 0.256 e. The highest BCUT2D eigenvalue weighted by Gasteiger charge is 2.29. The van der Waals surface area contributed by atoms with Crippen LogP contribution in [-0.2, 0) is 4.74 Å². The fourth-order valence-electron chi connectivity index (χ4n) is 6.25. The Kier molecular flexibility index (Phi) is 6.69. The van der Waals surface area contributed by atoms with E-state index in [1.807, 2.05) is 42.6 Å². The van der Waals surface area contributed by atoms with Crippen molar-refractivity contribution in [1.82, 2.24) is 24.3 Å². The zero-order valence-corrected chi connectivity index (χ0v) is 22.6. The zero-order valence-electron chi connectivity index (χ0n) is 22.6. The predicted molar refractivity (Wildman–Crippen MR) is 154 cm³/mol. The molecular weight excluding hydrogens is 502 g/mol. The van der Waals surface area contributed by atoms with E-state index >= 15 is 0 Å². The van der Waals surface area contributed by atoms with Gasteiger partial charge in [0.25, 0.3) is 5.91 Å². The van der Waals surface area contributed by atoms with Crippen LogP contribution in [0.4, 0.5) is 11.6 Å². The molecule has 2 saturated heterocycles. The Morgan fingerprint density at radius 1 is 1.05 bits per heavy atom. The number of benzene rings is 1. The number of nitrogens with zero attached hydrogens (tertiary/aromatic N) is 5. The Morgan fingerprint density at radius 2 is 1.93 bits per heavy atom. The molecule has 2 atom stereocenters. The molecule has 3 N–H and O–H groups in total. The number of carbonyl (C=O) groups is 1. The molecule has 2 aliphatic heterocycles. The Labute approximate surface area is 233 Å². The molecule has 3 aliphatic rings. The minimum absolute atomic E-state index is 0.182. The number of carbonyl (C=O) groups excluding carboxylic acids is 1. The molecule has 1 saturated carbocycles. The van der Waals surface area contributed by atoms with Crippen molar-refractivity contribution in [1.29, 1.82) is 0 Å². The maximum absolute atomic E-state index is 13.0. The molecule has 3 aromatic heterocycles. The van der Waals surface area contributed by atoms with Gasteiger partial charge in [-0.25, -0.2) is 15.0 Å². The Bertz CT molecular complexity index is 1520. The first-order valence-electron chi connectivity index (χ1n) is 14.4. The van der Waals surface area contributed by atoms with Gasteiger partial charge in [-0.05, 0) is 80.3 Å². The van der Waals surface area contributed by atoms with Crippen molar-refractivity contribution in [2.24, 2.45) is 5.92 Å². The first-order valence-corrected chi connectivity index (χ1v) is 14.4. The lowest BCUT2D eigenvalue weighted by Crippen LogP contribution is -2.38. The van der Waals surface area contributed by atoms with E-state index in [-0.39, 0.29) is 5.91 Å². The molecule has 3 fully saturated rings. The van der Waals surface area contributed by atoms with Crippen molar-refractivity contribution in [3.8, 4) is 11.3 Å². The minimum atomic E-state index is -0.182. The third-order valence-corrected chi connectivity index (χ3v) is 8.52. The molecule has 9 heteroatoms. The van der Waals surface area contributed by atoms with Gasteiger partial charge in [0.15, 0.2) is 0 Å². The predicted octanol–water partition coefficient (Wildman–Crippen LogP) is 4.72. The molecule has 2 unspecified atom stereocenters. The molecule has 40 heavy (non-hydrogen) atoms. The van der Waals surface area contributed by atoms with Crippen molar-refractivity contribution in [3.05, 3.63) is 71.9 Å². The third-order valence-electron chi connectivity index (χ3n) is 8.52. The van der Waals surface area contributed by atoms with Crippen LogP contribution in [0.5, 0.6) is 0 Å². The van der Waals surface area contributed by atoms with E-state index in [4.69, 9.17) is 15.5 Å². The van der Waals surface area contributed by atoms with E-state index in [2.05, 4.69) is 24.6 Å². The highest BCUT2D eigenvalue weighted by Crippen LogP contribution is 2.40. The molecular formula is C31H35N7O2. The second-order valence-electron chi connectivity index (χ2n) is 11.5. The summed E-state index contributed by atoms with van der Waals surface area (Å²) in [7, 11) is 0. The van der Waals surface area contributed by atoms with Crippen LogP contribution in [0.3, 0.4) is 0 Å².